The lowest BCUT2D eigenvalue weighted by Crippen LogP contribution is -2.37. The Morgan fingerprint density at radius 1 is 1.36 bits per heavy atom. The van der Waals surface area contributed by atoms with Crippen molar-refractivity contribution in [2.45, 2.75) is 0 Å². The summed E-state index contributed by atoms with van der Waals surface area (Å²) >= 11 is 0. The van der Waals surface area contributed by atoms with Gasteiger partial charge in [-0.15, -0.1) is 0 Å². The number of carboxylic acid groups (broad SMARTS) is 1. The fourth-order valence-corrected chi connectivity index (χ4v) is 0.649. The van der Waals surface area contributed by atoms with Crippen molar-refractivity contribution in [3.8, 4) is 0 Å². The third kappa shape index (κ3) is 1.46. The Balaban J connectivity index is 2.66. The molecule has 1 aliphatic rings. The smallest absolute Gasteiger partial charge is 0.403 e. The average Bonchev–Trinajstić information content (AvgIpc) is 2.18. The number of carbonyl (C=O) groups excluding carboxylic acids is 2. The molecular weight excluding hydrogens is 149 g/mol. The highest BCUT2D eigenvalue weighted by Gasteiger charge is 2.26. The quantitative estimate of drug-likeness (QED) is 0.415. The van der Waals surface area contributed by atoms with Crippen LogP contribution in [0.15, 0.2) is 12.2 Å². The Morgan fingerprint density at radius 2 is 1.82 bits per heavy atom. The Morgan fingerprint density at radius 3 is 2.18 bits per heavy atom. The van der Waals surface area contributed by atoms with Crippen LogP contribution in [0.3, 0.4) is 0 Å². The van der Waals surface area contributed by atoms with E-state index >= 15 is 0 Å². The lowest BCUT2D eigenvalue weighted by molar-refractivity contribution is -0.131. The zero-order valence-corrected chi connectivity index (χ0v) is 5.35. The number of rotatable bonds is 2. The van der Waals surface area contributed by atoms with Crippen LogP contribution in [0.4, 0.5) is 4.79 Å². The second kappa shape index (κ2) is 2.57. The molecule has 0 aliphatic carbocycles. The number of nitrogens with zero attached hydrogens (tertiary/aromatic N) is 1. The van der Waals surface area contributed by atoms with Gasteiger partial charge in [-0.1, -0.05) is 0 Å². The number of imide groups is 1. The number of hydrogen-bond donors (Lipinski definition) is 1. The average molecular weight is 152 g/mol. The van der Waals surface area contributed by atoms with Crippen molar-refractivity contribution in [3.05, 3.63) is 12.2 Å². The van der Waals surface area contributed by atoms with E-state index in [4.69, 9.17) is 5.11 Å². The minimum Gasteiger partial charge on any atom is -0.488 e. The zero-order chi connectivity index (χ0) is 8.43. The minimum absolute atomic E-state index is 0.530. The molecule has 0 aromatic rings. The topological polar surface area (TPSA) is 74.7 Å². The number of carbonyl (C=O) groups is 3. The first kappa shape index (κ1) is 7.52. The van der Waals surface area contributed by atoms with Crippen LogP contribution >= 0.6 is 0 Å². The fraction of sp³-hybridized carbons (Fsp3) is 0. The number of hydrogen-bond acceptors (Lipinski definition) is 3. The summed E-state index contributed by atoms with van der Waals surface area (Å²) in [6, 6.07) is 0. The van der Waals surface area contributed by atoms with Gasteiger partial charge in [0.15, 0.2) is 0 Å². The van der Waals surface area contributed by atoms with Crippen LogP contribution in [0, 0.1) is 0 Å². The first-order valence-electron chi connectivity index (χ1n) is 2.74. The summed E-state index contributed by atoms with van der Waals surface area (Å²) in [5.74, 6) is -2.58. The van der Waals surface area contributed by atoms with Crippen molar-refractivity contribution in [3.63, 3.8) is 0 Å². The third-order valence-electron chi connectivity index (χ3n) is 1.08. The summed E-state index contributed by atoms with van der Waals surface area (Å²) in [4.78, 5) is 31.8. The van der Waals surface area contributed by atoms with E-state index in [0.29, 0.717) is 12.2 Å². The summed E-state index contributed by atoms with van der Waals surface area (Å²) in [5, 5.41) is 8.18. The lowest BCUT2D eigenvalue weighted by Gasteiger charge is -2.07. The molecule has 0 aromatic carbocycles. The van der Waals surface area contributed by atoms with Gasteiger partial charge in [0.2, 0.25) is 11.8 Å². The zero-order valence-electron chi connectivity index (χ0n) is 5.35. The first-order chi connectivity index (χ1) is 5.11. The molecule has 1 N–H and O–H groups in total. The second-order valence-electron chi connectivity index (χ2n) is 1.85. The third-order valence-corrected chi connectivity index (χ3v) is 1.08. The Hall–Kier alpha value is -1.59. The van der Waals surface area contributed by atoms with Crippen LogP contribution in [0.2, 0.25) is 0 Å². The SMILES string of the molecule is O=C(O)[B]N1C(=O)C=CC1=O. The van der Waals surface area contributed by atoms with Gasteiger partial charge in [-0.2, -0.15) is 0 Å². The van der Waals surface area contributed by atoms with E-state index in [1.54, 1.807) is 0 Å². The first-order valence-corrected chi connectivity index (χ1v) is 2.74. The normalized spacial score (nSPS) is 15.8. The maximum absolute atomic E-state index is 10.6. The van der Waals surface area contributed by atoms with E-state index in [9.17, 15) is 14.4 Å². The molecular formula is C5H3BNO4. The molecule has 11 heavy (non-hydrogen) atoms. The number of amides is 2. The maximum atomic E-state index is 10.6. The summed E-state index contributed by atoms with van der Waals surface area (Å²) in [6.45, 7) is 0. The minimum atomic E-state index is -1.32. The van der Waals surface area contributed by atoms with E-state index in [2.05, 4.69) is 0 Å². The summed E-state index contributed by atoms with van der Waals surface area (Å²) in [7, 11) is 0.532. The molecule has 1 rings (SSSR count). The van der Waals surface area contributed by atoms with E-state index in [-0.39, 0.29) is 0 Å². The van der Waals surface area contributed by atoms with E-state index in [0.717, 1.165) is 12.2 Å². The predicted octanol–water partition coefficient (Wildman–Crippen LogP) is -0.791. The molecule has 0 spiro atoms. The van der Waals surface area contributed by atoms with Crippen LogP contribution < -0.4 is 0 Å². The van der Waals surface area contributed by atoms with Crippen molar-refractivity contribution >= 4 is 25.1 Å². The molecule has 5 nitrogen and oxygen atoms in total. The van der Waals surface area contributed by atoms with Gasteiger partial charge < -0.3 is 9.92 Å². The molecule has 55 valence electrons. The highest BCUT2D eigenvalue weighted by atomic mass is 16.4. The molecule has 1 aliphatic heterocycles. The molecule has 0 saturated heterocycles. The lowest BCUT2D eigenvalue weighted by atomic mass is 9.92. The predicted molar refractivity (Wildman–Crippen MR) is 34.8 cm³/mol. The van der Waals surface area contributed by atoms with Gasteiger partial charge in [-0.25, -0.2) is 0 Å². The molecule has 0 atom stereocenters. The van der Waals surface area contributed by atoms with Crippen molar-refractivity contribution < 1.29 is 19.5 Å². The van der Waals surface area contributed by atoms with Gasteiger partial charge in [0.25, 0.3) is 5.87 Å². The van der Waals surface area contributed by atoms with Gasteiger partial charge in [-0.05, 0) is 0 Å². The maximum Gasteiger partial charge on any atom is 0.403 e. The van der Waals surface area contributed by atoms with E-state index < -0.39 is 17.7 Å². The Kier molecular flexibility index (Phi) is 1.76. The molecule has 0 fully saturated rings. The molecule has 1 heterocycles. The molecule has 0 unspecified atom stereocenters. The molecule has 6 heteroatoms. The summed E-state index contributed by atoms with van der Waals surface area (Å²) in [5.41, 5.74) is 0. The standard InChI is InChI=1S/C5H3BNO4/c8-3-1-2-4(9)7(3)6-5(10)11/h1-2H,(H,10,11). The summed E-state index contributed by atoms with van der Waals surface area (Å²) in [6.07, 6.45) is 2.03. The molecule has 0 bridgehead atoms. The Bertz CT molecular complexity index is 241. The molecule has 1 radical (unpaired) electrons. The van der Waals surface area contributed by atoms with Crippen molar-refractivity contribution in [2.75, 3.05) is 0 Å². The Labute approximate surface area is 62.6 Å². The van der Waals surface area contributed by atoms with Crippen molar-refractivity contribution in [2.24, 2.45) is 0 Å². The highest BCUT2D eigenvalue weighted by molar-refractivity contribution is 6.74. The molecule has 0 saturated carbocycles. The second-order valence-corrected chi connectivity index (χ2v) is 1.85. The largest absolute Gasteiger partial charge is 0.488 e. The van der Waals surface area contributed by atoms with Gasteiger partial charge in [0.1, 0.15) is 0 Å². The van der Waals surface area contributed by atoms with E-state index in [1.165, 1.54) is 0 Å². The van der Waals surface area contributed by atoms with Crippen molar-refractivity contribution in [1.29, 1.82) is 0 Å². The van der Waals surface area contributed by atoms with Gasteiger partial charge in [0, 0.05) is 12.2 Å². The monoisotopic (exact) mass is 152 g/mol. The molecule has 2 amide bonds. The van der Waals surface area contributed by atoms with Gasteiger partial charge >= 0.3 is 7.41 Å². The summed E-state index contributed by atoms with van der Waals surface area (Å²) < 4.78 is 0. The van der Waals surface area contributed by atoms with Crippen LogP contribution in [-0.2, 0) is 9.59 Å². The van der Waals surface area contributed by atoms with Gasteiger partial charge in [0.05, 0.1) is 0 Å². The van der Waals surface area contributed by atoms with Crippen LogP contribution in [-0.4, -0.2) is 35.0 Å². The van der Waals surface area contributed by atoms with E-state index in [1.807, 2.05) is 0 Å². The highest BCUT2D eigenvalue weighted by Crippen LogP contribution is 2.00. The van der Waals surface area contributed by atoms with Crippen LogP contribution in [0.5, 0.6) is 0 Å². The van der Waals surface area contributed by atoms with Crippen LogP contribution in [0.1, 0.15) is 0 Å². The van der Waals surface area contributed by atoms with Gasteiger partial charge in [-0.3, -0.25) is 14.4 Å². The fourth-order valence-electron chi connectivity index (χ4n) is 0.649. The molecule has 0 aromatic heterocycles. The van der Waals surface area contributed by atoms with Crippen molar-refractivity contribution in [1.82, 2.24) is 4.81 Å². The van der Waals surface area contributed by atoms with Crippen LogP contribution in [0.25, 0.3) is 0 Å².